The maximum atomic E-state index is 12.0. The highest BCUT2D eigenvalue weighted by Gasteiger charge is 2.14. The van der Waals surface area contributed by atoms with Crippen LogP contribution in [0.2, 0.25) is 0 Å². The predicted molar refractivity (Wildman–Crippen MR) is 92.2 cm³/mol. The molecular weight excluding hydrogens is 377 g/mol. The number of rotatable bonds is 7. The lowest BCUT2D eigenvalue weighted by Crippen LogP contribution is -2.33. The first-order valence-corrected chi connectivity index (χ1v) is 8.07. The Morgan fingerprint density at radius 3 is 2.19 bits per heavy atom. The van der Waals surface area contributed by atoms with Gasteiger partial charge in [0.25, 0.3) is 0 Å². The van der Waals surface area contributed by atoms with Crippen LogP contribution in [0.25, 0.3) is 0 Å². The van der Waals surface area contributed by atoms with Crippen molar-refractivity contribution in [3.05, 3.63) is 71.8 Å². The van der Waals surface area contributed by atoms with E-state index in [2.05, 4.69) is 27.9 Å². The van der Waals surface area contributed by atoms with Crippen molar-refractivity contribution in [1.29, 1.82) is 0 Å². The zero-order valence-electron chi connectivity index (χ0n) is 11.7. The van der Waals surface area contributed by atoms with E-state index >= 15 is 0 Å². The highest BCUT2D eigenvalue weighted by molar-refractivity contribution is 14.1. The molecule has 1 amide bonds. The van der Waals surface area contributed by atoms with Crippen LogP contribution in [0.4, 0.5) is 0 Å². The minimum atomic E-state index is -0.185. The molecule has 0 radical (unpaired) electrons. The van der Waals surface area contributed by atoms with Crippen LogP contribution in [0.15, 0.2) is 60.7 Å². The van der Waals surface area contributed by atoms with E-state index in [0.29, 0.717) is 19.8 Å². The second-order valence-corrected chi connectivity index (χ2v) is 6.18. The van der Waals surface area contributed by atoms with Crippen LogP contribution in [0, 0.1) is 0 Å². The second-order valence-electron chi connectivity index (χ2n) is 4.67. The van der Waals surface area contributed by atoms with Crippen molar-refractivity contribution in [2.24, 2.45) is 0 Å². The number of hydrogen-bond acceptors (Lipinski definition) is 2. The van der Waals surface area contributed by atoms with Gasteiger partial charge in [0.05, 0.1) is 13.2 Å². The van der Waals surface area contributed by atoms with Gasteiger partial charge in [-0.05, 0) is 11.1 Å². The largest absolute Gasteiger partial charge is 0.375 e. The number of halogens is 1. The van der Waals surface area contributed by atoms with Crippen LogP contribution in [0.1, 0.15) is 11.1 Å². The van der Waals surface area contributed by atoms with Crippen molar-refractivity contribution in [2.75, 3.05) is 6.61 Å². The minimum absolute atomic E-state index is 0.00696. The van der Waals surface area contributed by atoms with Crippen molar-refractivity contribution < 1.29 is 9.53 Å². The number of nitrogens with one attached hydrogen (secondary N) is 1. The van der Waals surface area contributed by atoms with E-state index in [-0.39, 0.29) is 9.83 Å². The van der Waals surface area contributed by atoms with E-state index in [9.17, 15) is 4.79 Å². The van der Waals surface area contributed by atoms with Gasteiger partial charge in [-0.25, -0.2) is 0 Å². The van der Waals surface area contributed by atoms with Gasteiger partial charge in [-0.2, -0.15) is 0 Å². The first-order chi connectivity index (χ1) is 10.3. The molecule has 4 heteroatoms. The molecular formula is C17H18INO2. The third-order valence-electron chi connectivity index (χ3n) is 2.97. The molecule has 3 nitrogen and oxygen atoms in total. The Labute approximate surface area is 138 Å². The lowest BCUT2D eigenvalue weighted by atomic mass is 10.2. The number of carbonyl (C=O) groups excluding carboxylic acids is 1. The van der Waals surface area contributed by atoms with Gasteiger partial charge in [0, 0.05) is 6.54 Å². The Bertz CT molecular complexity index is 545. The molecule has 0 fully saturated rings. The Balaban J connectivity index is 1.68. The molecule has 2 aromatic rings. The summed E-state index contributed by atoms with van der Waals surface area (Å²) in [6.07, 6.45) is 0. The molecule has 0 aliphatic heterocycles. The standard InChI is InChI=1S/C17H18INO2/c18-16(13-21-12-15-9-5-2-6-10-15)17(20)19-11-14-7-3-1-4-8-14/h1-10,16H,11-13H2,(H,19,20). The average molecular weight is 395 g/mol. The van der Waals surface area contributed by atoms with Gasteiger partial charge in [0.2, 0.25) is 5.91 Å². The number of benzene rings is 2. The Morgan fingerprint density at radius 1 is 1.00 bits per heavy atom. The molecule has 2 aromatic carbocycles. The fraction of sp³-hybridized carbons (Fsp3) is 0.235. The minimum Gasteiger partial charge on any atom is -0.375 e. The second kappa shape index (κ2) is 8.79. The fourth-order valence-electron chi connectivity index (χ4n) is 1.83. The van der Waals surface area contributed by atoms with Crippen molar-refractivity contribution in [3.8, 4) is 0 Å². The number of alkyl halides is 1. The third-order valence-corrected chi connectivity index (χ3v) is 3.90. The molecule has 0 aliphatic rings. The predicted octanol–water partition coefficient (Wildman–Crippen LogP) is 3.32. The zero-order valence-corrected chi connectivity index (χ0v) is 13.8. The monoisotopic (exact) mass is 395 g/mol. The third kappa shape index (κ3) is 5.85. The highest BCUT2D eigenvalue weighted by atomic mass is 127. The number of carbonyl (C=O) groups is 1. The summed E-state index contributed by atoms with van der Waals surface area (Å²) in [5, 5.41) is 2.92. The molecule has 0 saturated heterocycles. The molecule has 1 atom stereocenters. The molecule has 110 valence electrons. The summed E-state index contributed by atoms with van der Waals surface area (Å²) in [5.74, 6) is 0.00696. The summed E-state index contributed by atoms with van der Waals surface area (Å²) in [6.45, 7) is 1.50. The molecule has 1 unspecified atom stereocenters. The van der Waals surface area contributed by atoms with Gasteiger partial charge in [-0.15, -0.1) is 0 Å². The highest BCUT2D eigenvalue weighted by Crippen LogP contribution is 2.06. The average Bonchev–Trinajstić information content (AvgIpc) is 2.54. The van der Waals surface area contributed by atoms with Gasteiger partial charge in [-0.1, -0.05) is 83.3 Å². The smallest absolute Gasteiger partial charge is 0.235 e. The molecule has 21 heavy (non-hydrogen) atoms. The van der Waals surface area contributed by atoms with E-state index in [1.807, 2.05) is 60.7 Å². The van der Waals surface area contributed by atoms with Crippen molar-refractivity contribution >= 4 is 28.5 Å². The van der Waals surface area contributed by atoms with Gasteiger partial charge in [0.15, 0.2) is 0 Å². The summed E-state index contributed by atoms with van der Waals surface area (Å²) in [4.78, 5) is 12.0. The normalized spacial score (nSPS) is 11.9. The maximum Gasteiger partial charge on any atom is 0.235 e. The fourth-order valence-corrected chi connectivity index (χ4v) is 2.30. The topological polar surface area (TPSA) is 38.3 Å². The van der Waals surface area contributed by atoms with Crippen LogP contribution in [0.3, 0.4) is 0 Å². The van der Waals surface area contributed by atoms with E-state index in [0.717, 1.165) is 11.1 Å². The lowest BCUT2D eigenvalue weighted by molar-refractivity contribution is -0.121. The van der Waals surface area contributed by atoms with Crippen LogP contribution in [0.5, 0.6) is 0 Å². The van der Waals surface area contributed by atoms with Gasteiger partial charge in [-0.3, -0.25) is 4.79 Å². The molecule has 0 heterocycles. The zero-order chi connectivity index (χ0) is 14.9. The molecule has 0 bridgehead atoms. The van der Waals surface area contributed by atoms with E-state index < -0.39 is 0 Å². The first kappa shape index (κ1) is 16.0. The first-order valence-electron chi connectivity index (χ1n) is 6.83. The number of ether oxygens (including phenoxy) is 1. The van der Waals surface area contributed by atoms with Crippen LogP contribution in [-0.2, 0) is 22.7 Å². The van der Waals surface area contributed by atoms with E-state index in [4.69, 9.17) is 4.74 Å². The number of amides is 1. The van der Waals surface area contributed by atoms with Crippen molar-refractivity contribution in [2.45, 2.75) is 17.1 Å². The molecule has 2 rings (SSSR count). The van der Waals surface area contributed by atoms with Crippen molar-refractivity contribution in [1.82, 2.24) is 5.32 Å². The summed E-state index contributed by atoms with van der Waals surface area (Å²) in [5.41, 5.74) is 2.21. The summed E-state index contributed by atoms with van der Waals surface area (Å²) >= 11 is 2.12. The summed E-state index contributed by atoms with van der Waals surface area (Å²) in [7, 11) is 0. The summed E-state index contributed by atoms with van der Waals surface area (Å²) in [6, 6.07) is 19.8. The molecule has 1 N–H and O–H groups in total. The van der Waals surface area contributed by atoms with Crippen molar-refractivity contribution in [3.63, 3.8) is 0 Å². The summed E-state index contributed by atoms with van der Waals surface area (Å²) < 4.78 is 5.40. The molecule has 0 spiro atoms. The molecule has 0 saturated carbocycles. The molecule has 0 aliphatic carbocycles. The van der Waals surface area contributed by atoms with Crippen LogP contribution >= 0.6 is 22.6 Å². The quantitative estimate of drug-likeness (QED) is 0.577. The SMILES string of the molecule is O=C(NCc1ccccc1)C(I)COCc1ccccc1. The van der Waals surface area contributed by atoms with Gasteiger partial charge >= 0.3 is 0 Å². The maximum absolute atomic E-state index is 12.0. The number of hydrogen-bond donors (Lipinski definition) is 1. The Hall–Kier alpha value is -1.40. The van der Waals surface area contributed by atoms with Gasteiger partial charge < -0.3 is 10.1 Å². The molecule has 0 aromatic heterocycles. The van der Waals surface area contributed by atoms with E-state index in [1.165, 1.54) is 0 Å². The van der Waals surface area contributed by atoms with E-state index in [1.54, 1.807) is 0 Å². The van der Waals surface area contributed by atoms with Crippen LogP contribution < -0.4 is 5.32 Å². The Morgan fingerprint density at radius 2 is 1.57 bits per heavy atom. The lowest BCUT2D eigenvalue weighted by Gasteiger charge is -2.11. The van der Waals surface area contributed by atoms with Crippen LogP contribution in [-0.4, -0.2) is 16.4 Å². The Kier molecular flexibility index (Phi) is 6.69. The van der Waals surface area contributed by atoms with Gasteiger partial charge in [0.1, 0.15) is 3.92 Å².